The number of hydrogen-bond acceptors (Lipinski definition) is 2. The molecule has 2 N–H and O–H groups in total. The second-order valence-electron chi connectivity index (χ2n) is 5.78. The van der Waals surface area contributed by atoms with E-state index in [1.165, 1.54) is 32.1 Å². The van der Waals surface area contributed by atoms with Gasteiger partial charge in [-0.3, -0.25) is 0 Å². The molecular formula is C14H29NO. The fourth-order valence-corrected chi connectivity index (χ4v) is 2.51. The van der Waals surface area contributed by atoms with E-state index in [1.807, 2.05) is 13.8 Å². The van der Waals surface area contributed by atoms with Crippen molar-refractivity contribution in [1.29, 1.82) is 0 Å². The van der Waals surface area contributed by atoms with Gasteiger partial charge in [-0.15, -0.1) is 0 Å². The number of aliphatic hydroxyl groups is 1. The Labute approximate surface area is 101 Å². The molecule has 1 rings (SSSR count). The second kappa shape index (κ2) is 6.61. The first-order valence-corrected chi connectivity index (χ1v) is 7.00. The standard InChI is InChI=1S/C14H29NO/c1-4-12-6-8-13(9-7-12)10-15-11-14(3,16)5-2/h12-13,15-16H,4-11H2,1-3H3. The highest BCUT2D eigenvalue weighted by Gasteiger charge is 2.21. The molecule has 0 aromatic carbocycles. The average Bonchev–Trinajstić information content (AvgIpc) is 2.30. The van der Waals surface area contributed by atoms with Gasteiger partial charge in [-0.2, -0.15) is 0 Å². The molecule has 0 spiro atoms. The van der Waals surface area contributed by atoms with E-state index in [0.717, 1.165) is 31.3 Å². The lowest BCUT2D eigenvalue weighted by Gasteiger charge is -2.29. The Morgan fingerprint density at radius 1 is 1.12 bits per heavy atom. The zero-order chi connectivity index (χ0) is 12.0. The van der Waals surface area contributed by atoms with Crippen LogP contribution in [0.3, 0.4) is 0 Å². The van der Waals surface area contributed by atoms with Crippen LogP contribution in [0.1, 0.15) is 59.3 Å². The molecule has 2 nitrogen and oxygen atoms in total. The first-order chi connectivity index (χ1) is 7.57. The summed E-state index contributed by atoms with van der Waals surface area (Å²) in [5.41, 5.74) is -0.527. The van der Waals surface area contributed by atoms with E-state index in [2.05, 4.69) is 12.2 Å². The van der Waals surface area contributed by atoms with Crippen LogP contribution in [0, 0.1) is 11.8 Å². The van der Waals surface area contributed by atoms with Crippen molar-refractivity contribution < 1.29 is 5.11 Å². The SMILES string of the molecule is CCC1CCC(CNCC(C)(O)CC)CC1. The lowest BCUT2D eigenvalue weighted by molar-refractivity contribution is 0.0541. The van der Waals surface area contributed by atoms with E-state index in [0.29, 0.717) is 0 Å². The molecule has 16 heavy (non-hydrogen) atoms. The zero-order valence-corrected chi connectivity index (χ0v) is 11.3. The number of hydrogen-bond donors (Lipinski definition) is 2. The quantitative estimate of drug-likeness (QED) is 0.731. The Morgan fingerprint density at radius 2 is 1.69 bits per heavy atom. The van der Waals surface area contributed by atoms with Gasteiger partial charge in [-0.1, -0.05) is 33.1 Å². The molecule has 1 saturated carbocycles. The van der Waals surface area contributed by atoms with Crippen LogP contribution >= 0.6 is 0 Å². The van der Waals surface area contributed by atoms with Gasteiger partial charge >= 0.3 is 0 Å². The summed E-state index contributed by atoms with van der Waals surface area (Å²) >= 11 is 0. The zero-order valence-electron chi connectivity index (χ0n) is 11.3. The summed E-state index contributed by atoms with van der Waals surface area (Å²) in [6, 6.07) is 0. The molecule has 1 atom stereocenters. The third-order valence-electron chi connectivity index (χ3n) is 4.24. The van der Waals surface area contributed by atoms with Gasteiger partial charge in [0.25, 0.3) is 0 Å². The minimum absolute atomic E-state index is 0.527. The Morgan fingerprint density at radius 3 is 2.19 bits per heavy atom. The lowest BCUT2D eigenvalue weighted by Crippen LogP contribution is -2.39. The van der Waals surface area contributed by atoms with Gasteiger partial charge in [-0.05, 0) is 44.6 Å². The van der Waals surface area contributed by atoms with Crippen molar-refractivity contribution in [1.82, 2.24) is 5.32 Å². The fourth-order valence-electron chi connectivity index (χ4n) is 2.51. The van der Waals surface area contributed by atoms with E-state index in [1.54, 1.807) is 0 Å². The van der Waals surface area contributed by atoms with E-state index >= 15 is 0 Å². The highest BCUT2D eigenvalue weighted by molar-refractivity contribution is 4.77. The lowest BCUT2D eigenvalue weighted by atomic mass is 9.81. The van der Waals surface area contributed by atoms with Gasteiger partial charge < -0.3 is 10.4 Å². The first kappa shape index (κ1) is 14.0. The minimum Gasteiger partial charge on any atom is -0.389 e. The van der Waals surface area contributed by atoms with Crippen LogP contribution < -0.4 is 5.32 Å². The van der Waals surface area contributed by atoms with E-state index in [-0.39, 0.29) is 0 Å². The van der Waals surface area contributed by atoms with Gasteiger partial charge in [-0.25, -0.2) is 0 Å². The van der Waals surface area contributed by atoms with Crippen LogP contribution in [-0.2, 0) is 0 Å². The molecule has 1 unspecified atom stereocenters. The van der Waals surface area contributed by atoms with Gasteiger partial charge in [0.2, 0.25) is 0 Å². The molecule has 1 aliphatic rings. The Kier molecular flexibility index (Phi) is 5.77. The average molecular weight is 227 g/mol. The van der Waals surface area contributed by atoms with Gasteiger partial charge in [0, 0.05) is 6.54 Å². The van der Waals surface area contributed by atoms with E-state index in [9.17, 15) is 5.11 Å². The predicted octanol–water partition coefficient (Wildman–Crippen LogP) is 2.95. The molecule has 2 heteroatoms. The normalized spacial score (nSPS) is 30.0. The van der Waals surface area contributed by atoms with Crippen LogP contribution in [-0.4, -0.2) is 23.8 Å². The van der Waals surface area contributed by atoms with Crippen molar-refractivity contribution >= 4 is 0 Å². The molecule has 1 fully saturated rings. The first-order valence-electron chi connectivity index (χ1n) is 7.00. The third kappa shape index (κ3) is 4.84. The maximum Gasteiger partial charge on any atom is 0.0740 e. The van der Waals surface area contributed by atoms with Crippen LogP contribution in [0.15, 0.2) is 0 Å². The smallest absolute Gasteiger partial charge is 0.0740 e. The molecule has 0 aromatic rings. The fraction of sp³-hybridized carbons (Fsp3) is 1.00. The molecule has 0 radical (unpaired) electrons. The summed E-state index contributed by atoms with van der Waals surface area (Å²) < 4.78 is 0. The molecule has 0 saturated heterocycles. The molecule has 0 bridgehead atoms. The monoisotopic (exact) mass is 227 g/mol. The molecule has 96 valence electrons. The maximum atomic E-state index is 9.87. The highest BCUT2D eigenvalue weighted by atomic mass is 16.3. The molecule has 0 amide bonds. The highest BCUT2D eigenvalue weighted by Crippen LogP contribution is 2.30. The summed E-state index contributed by atoms with van der Waals surface area (Å²) in [6.45, 7) is 8.08. The molecule has 1 aliphatic carbocycles. The number of nitrogens with one attached hydrogen (secondary N) is 1. The Balaban J connectivity index is 2.11. The molecule has 0 heterocycles. The van der Waals surface area contributed by atoms with Crippen molar-refractivity contribution in [3.8, 4) is 0 Å². The summed E-state index contributed by atoms with van der Waals surface area (Å²) in [7, 11) is 0. The van der Waals surface area contributed by atoms with Crippen molar-refractivity contribution in [2.24, 2.45) is 11.8 Å². The van der Waals surface area contributed by atoms with E-state index < -0.39 is 5.60 Å². The molecule has 0 aliphatic heterocycles. The molecule has 0 aromatic heterocycles. The van der Waals surface area contributed by atoms with Crippen LogP contribution in [0.2, 0.25) is 0 Å². The summed E-state index contributed by atoms with van der Waals surface area (Å²) in [5, 5.41) is 13.3. The topological polar surface area (TPSA) is 32.3 Å². The second-order valence-corrected chi connectivity index (χ2v) is 5.78. The summed E-state index contributed by atoms with van der Waals surface area (Å²) in [6.07, 6.45) is 7.74. The van der Waals surface area contributed by atoms with Crippen molar-refractivity contribution in [2.75, 3.05) is 13.1 Å². The summed E-state index contributed by atoms with van der Waals surface area (Å²) in [4.78, 5) is 0. The molecular weight excluding hydrogens is 198 g/mol. The predicted molar refractivity (Wildman–Crippen MR) is 69.5 cm³/mol. The minimum atomic E-state index is -0.527. The van der Waals surface area contributed by atoms with Crippen molar-refractivity contribution in [2.45, 2.75) is 64.9 Å². The van der Waals surface area contributed by atoms with Crippen LogP contribution in [0.4, 0.5) is 0 Å². The largest absolute Gasteiger partial charge is 0.389 e. The van der Waals surface area contributed by atoms with Gasteiger partial charge in [0.05, 0.1) is 5.60 Å². The van der Waals surface area contributed by atoms with Gasteiger partial charge in [0.1, 0.15) is 0 Å². The Hall–Kier alpha value is -0.0800. The Bertz CT molecular complexity index is 183. The summed E-state index contributed by atoms with van der Waals surface area (Å²) in [5.74, 6) is 1.82. The number of rotatable bonds is 6. The van der Waals surface area contributed by atoms with Crippen LogP contribution in [0.25, 0.3) is 0 Å². The van der Waals surface area contributed by atoms with Crippen molar-refractivity contribution in [3.63, 3.8) is 0 Å². The third-order valence-corrected chi connectivity index (χ3v) is 4.24. The van der Waals surface area contributed by atoms with E-state index in [4.69, 9.17) is 0 Å². The van der Waals surface area contributed by atoms with Gasteiger partial charge in [0.15, 0.2) is 0 Å². The van der Waals surface area contributed by atoms with Crippen LogP contribution in [0.5, 0.6) is 0 Å². The van der Waals surface area contributed by atoms with Crippen molar-refractivity contribution in [3.05, 3.63) is 0 Å². The maximum absolute atomic E-state index is 9.87.